The lowest BCUT2D eigenvalue weighted by Gasteiger charge is -2.42. The fourth-order valence-electron chi connectivity index (χ4n) is 3.73. The average molecular weight is 390 g/mol. The topological polar surface area (TPSA) is 61.8 Å². The third-order valence-corrected chi connectivity index (χ3v) is 6.22. The van der Waals surface area contributed by atoms with E-state index in [1.807, 2.05) is 13.8 Å². The molecule has 2 aliphatic rings. The molecule has 2 saturated heterocycles. The molecule has 0 unspecified atom stereocenters. The summed E-state index contributed by atoms with van der Waals surface area (Å²) in [5.41, 5.74) is 1.79. The molecule has 0 bridgehead atoms. The van der Waals surface area contributed by atoms with Crippen LogP contribution in [0.2, 0.25) is 0 Å². The van der Waals surface area contributed by atoms with Crippen LogP contribution in [-0.4, -0.2) is 83.7 Å². The SMILES string of the molecule is CCC(C)(C)OC1CN(C(=O)c2nc(C)c(C)c(N3CC[C@@H](N(C)C)C3)n2)C1. The molecule has 7 nitrogen and oxygen atoms in total. The number of ether oxygens (including phenoxy) is 1. The molecule has 1 aromatic rings. The Labute approximate surface area is 169 Å². The second-order valence-electron chi connectivity index (χ2n) is 9.00. The molecule has 0 N–H and O–H groups in total. The van der Waals surface area contributed by atoms with Crippen molar-refractivity contribution < 1.29 is 9.53 Å². The van der Waals surface area contributed by atoms with E-state index in [-0.39, 0.29) is 17.6 Å². The molecule has 1 atom stereocenters. The molecule has 0 radical (unpaired) electrons. The van der Waals surface area contributed by atoms with Crippen molar-refractivity contribution in [1.29, 1.82) is 0 Å². The first-order valence-corrected chi connectivity index (χ1v) is 10.3. The van der Waals surface area contributed by atoms with Crippen LogP contribution >= 0.6 is 0 Å². The van der Waals surface area contributed by atoms with Crippen LogP contribution in [-0.2, 0) is 4.74 Å². The van der Waals surface area contributed by atoms with Crippen molar-refractivity contribution >= 4 is 11.7 Å². The molecule has 0 aliphatic carbocycles. The summed E-state index contributed by atoms with van der Waals surface area (Å²) in [7, 11) is 4.23. The number of hydrogen-bond donors (Lipinski definition) is 0. The fraction of sp³-hybridized carbons (Fsp3) is 0.762. The molecule has 2 aliphatic heterocycles. The minimum Gasteiger partial charge on any atom is -0.369 e. The lowest BCUT2D eigenvalue weighted by molar-refractivity contribution is -0.123. The Hall–Kier alpha value is -1.73. The maximum Gasteiger partial charge on any atom is 0.291 e. The van der Waals surface area contributed by atoms with E-state index in [1.165, 1.54) is 0 Å². The van der Waals surface area contributed by atoms with Crippen LogP contribution in [0.4, 0.5) is 5.82 Å². The first-order chi connectivity index (χ1) is 13.1. The van der Waals surface area contributed by atoms with Crippen LogP contribution < -0.4 is 4.90 Å². The highest BCUT2D eigenvalue weighted by Crippen LogP contribution is 2.27. The van der Waals surface area contributed by atoms with Crippen molar-refractivity contribution in [2.24, 2.45) is 0 Å². The van der Waals surface area contributed by atoms with Gasteiger partial charge in [-0.1, -0.05) is 6.92 Å². The summed E-state index contributed by atoms with van der Waals surface area (Å²) < 4.78 is 6.07. The predicted molar refractivity (Wildman–Crippen MR) is 111 cm³/mol. The number of rotatable bonds is 6. The highest BCUT2D eigenvalue weighted by molar-refractivity contribution is 5.91. The molecule has 3 heterocycles. The summed E-state index contributed by atoms with van der Waals surface area (Å²) in [4.78, 5) is 28.5. The van der Waals surface area contributed by atoms with Crippen molar-refractivity contribution in [1.82, 2.24) is 19.8 Å². The Kier molecular flexibility index (Phi) is 5.96. The average Bonchev–Trinajstić information content (AvgIpc) is 3.09. The molecule has 7 heteroatoms. The van der Waals surface area contributed by atoms with Crippen molar-refractivity contribution in [3.8, 4) is 0 Å². The predicted octanol–water partition coefficient (Wildman–Crippen LogP) is 2.26. The maximum absolute atomic E-state index is 12.9. The largest absolute Gasteiger partial charge is 0.369 e. The van der Waals surface area contributed by atoms with Gasteiger partial charge in [0.2, 0.25) is 5.82 Å². The van der Waals surface area contributed by atoms with Gasteiger partial charge in [-0.2, -0.15) is 0 Å². The van der Waals surface area contributed by atoms with E-state index in [4.69, 9.17) is 9.72 Å². The number of nitrogens with zero attached hydrogens (tertiary/aromatic N) is 5. The molecule has 0 aromatic carbocycles. The third-order valence-electron chi connectivity index (χ3n) is 6.22. The second-order valence-corrected chi connectivity index (χ2v) is 9.00. The third kappa shape index (κ3) is 4.30. The van der Waals surface area contributed by atoms with E-state index >= 15 is 0 Å². The van der Waals surface area contributed by atoms with Gasteiger partial charge in [0.25, 0.3) is 5.91 Å². The number of likely N-dealkylation sites (tertiary alicyclic amines) is 1. The Morgan fingerprint density at radius 3 is 2.46 bits per heavy atom. The molecular weight excluding hydrogens is 354 g/mol. The van der Waals surface area contributed by atoms with Crippen LogP contribution in [0.25, 0.3) is 0 Å². The Balaban J connectivity index is 1.70. The van der Waals surface area contributed by atoms with E-state index in [2.05, 4.69) is 49.7 Å². The number of anilines is 1. The normalized spacial score (nSPS) is 20.8. The van der Waals surface area contributed by atoms with Crippen LogP contribution in [0, 0.1) is 13.8 Å². The molecule has 2 fully saturated rings. The smallest absolute Gasteiger partial charge is 0.291 e. The highest BCUT2D eigenvalue weighted by Gasteiger charge is 2.37. The summed E-state index contributed by atoms with van der Waals surface area (Å²) >= 11 is 0. The molecule has 3 rings (SSSR count). The van der Waals surface area contributed by atoms with E-state index in [0.29, 0.717) is 25.0 Å². The van der Waals surface area contributed by atoms with Crippen molar-refractivity contribution in [3.05, 3.63) is 17.1 Å². The van der Waals surface area contributed by atoms with Gasteiger partial charge >= 0.3 is 0 Å². The Bertz CT molecular complexity index is 728. The minimum atomic E-state index is -0.150. The minimum absolute atomic E-state index is 0.0955. The van der Waals surface area contributed by atoms with Gasteiger partial charge in [-0.15, -0.1) is 0 Å². The quantitative estimate of drug-likeness (QED) is 0.744. The van der Waals surface area contributed by atoms with E-state index in [1.54, 1.807) is 4.90 Å². The number of amides is 1. The lowest BCUT2D eigenvalue weighted by atomic mass is 10.0. The van der Waals surface area contributed by atoms with Gasteiger partial charge in [0.05, 0.1) is 11.7 Å². The number of carbonyl (C=O) groups is 1. The first kappa shape index (κ1) is 21.0. The fourth-order valence-corrected chi connectivity index (χ4v) is 3.73. The molecule has 0 spiro atoms. The Morgan fingerprint density at radius 2 is 1.89 bits per heavy atom. The molecule has 28 heavy (non-hydrogen) atoms. The van der Waals surface area contributed by atoms with E-state index in [0.717, 1.165) is 43.0 Å². The molecule has 156 valence electrons. The highest BCUT2D eigenvalue weighted by atomic mass is 16.5. The van der Waals surface area contributed by atoms with E-state index in [9.17, 15) is 4.79 Å². The van der Waals surface area contributed by atoms with Gasteiger partial charge < -0.3 is 19.4 Å². The van der Waals surface area contributed by atoms with Crippen LogP contribution in [0.5, 0.6) is 0 Å². The van der Waals surface area contributed by atoms with Crippen LogP contribution in [0.1, 0.15) is 55.5 Å². The number of carbonyl (C=O) groups excluding carboxylic acids is 1. The second kappa shape index (κ2) is 7.95. The number of aromatic nitrogens is 2. The van der Waals surface area contributed by atoms with Gasteiger partial charge in [-0.25, -0.2) is 9.97 Å². The van der Waals surface area contributed by atoms with Gasteiger partial charge in [0, 0.05) is 43.5 Å². The van der Waals surface area contributed by atoms with Gasteiger partial charge in [0.1, 0.15) is 5.82 Å². The molecular formula is C21H35N5O2. The first-order valence-electron chi connectivity index (χ1n) is 10.3. The molecule has 1 amide bonds. The lowest BCUT2D eigenvalue weighted by Crippen LogP contribution is -2.57. The zero-order valence-corrected chi connectivity index (χ0v) is 18.4. The maximum atomic E-state index is 12.9. The zero-order valence-electron chi connectivity index (χ0n) is 18.4. The standard InChI is InChI=1S/C21H35N5O2/c1-8-21(4,5)28-17-12-26(13-17)20(27)18-22-15(3)14(2)19(23-18)25-10-9-16(11-25)24(6)7/h16-17H,8-13H2,1-7H3/t16-/m1/s1. The number of likely N-dealkylation sites (N-methyl/N-ethyl adjacent to an activating group) is 1. The molecule has 1 aromatic heterocycles. The monoisotopic (exact) mass is 389 g/mol. The summed E-state index contributed by atoms with van der Waals surface area (Å²) in [6.45, 7) is 13.4. The Morgan fingerprint density at radius 1 is 1.21 bits per heavy atom. The van der Waals surface area contributed by atoms with Gasteiger partial charge in [-0.3, -0.25) is 4.79 Å². The summed E-state index contributed by atoms with van der Waals surface area (Å²) in [5, 5.41) is 0. The van der Waals surface area contributed by atoms with Gasteiger partial charge in [0.15, 0.2) is 0 Å². The number of aryl methyl sites for hydroxylation is 1. The summed E-state index contributed by atoms with van der Waals surface area (Å²) in [6, 6.07) is 0.518. The van der Waals surface area contributed by atoms with Crippen LogP contribution in [0.15, 0.2) is 0 Å². The van der Waals surface area contributed by atoms with Crippen molar-refractivity contribution in [3.63, 3.8) is 0 Å². The van der Waals surface area contributed by atoms with Crippen molar-refractivity contribution in [2.45, 2.75) is 65.2 Å². The van der Waals surface area contributed by atoms with Crippen molar-refractivity contribution in [2.75, 3.05) is 45.2 Å². The van der Waals surface area contributed by atoms with Crippen LogP contribution in [0.3, 0.4) is 0 Å². The molecule has 0 saturated carbocycles. The number of hydrogen-bond acceptors (Lipinski definition) is 6. The summed E-state index contributed by atoms with van der Waals surface area (Å²) in [6.07, 6.45) is 2.16. The van der Waals surface area contributed by atoms with Gasteiger partial charge in [-0.05, 0) is 54.6 Å². The zero-order chi connectivity index (χ0) is 20.6. The van der Waals surface area contributed by atoms with E-state index < -0.39 is 0 Å². The summed E-state index contributed by atoms with van der Waals surface area (Å²) in [5.74, 6) is 1.11.